The third kappa shape index (κ3) is 5.88. The normalized spacial score (nSPS) is 13.0. The molecule has 0 saturated carbocycles. The van der Waals surface area contributed by atoms with Gasteiger partial charge in [-0.15, -0.1) is 11.3 Å². The van der Waals surface area contributed by atoms with E-state index in [2.05, 4.69) is 20.0 Å². The van der Waals surface area contributed by atoms with Crippen LogP contribution in [0.2, 0.25) is 0 Å². The lowest BCUT2D eigenvalue weighted by molar-refractivity contribution is -0.204. The standard InChI is InChI=1S/C23H15F6N3O2S/c24-22(25,26)15-7-6-14-8-19(35-18(14)9-15)16-10-20(32-12-31-16)30-11-17(13-4-2-1-3-5-13)34-21(33)23(27,28)29/h1-10,12,17H,11H2,(H,30,31,32)/t17-/m0/s1. The number of nitrogens with zero attached hydrogens (tertiary/aromatic N) is 2. The first-order valence-corrected chi connectivity index (χ1v) is 10.8. The van der Waals surface area contributed by atoms with Gasteiger partial charge in [-0.1, -0.05) is 36.4 Å². The first-order chi connectivity index (χ1) is 16.5. The first kappa shape index (κ1) is 24.5. The molecule has 0 aliphatic heterocycles. The van der Waals surface area contributed by atoms with E-state index in [1.165, 1.54) is 30.6 Å². The van der Waals surface area contributed by atoms with Crippen LogP contribution >= 0.6 is 11.3 Å². The highest BCUT2D eigenvalue weighted by Crippen LogP contribution is 2.37. The van der Waals surface area contributed by atoms with Crippen LogP contribution in [0.4, 0.5) is 32.2 Å². The van der Waals surface area contributed by atoms with Crippen molar-refractivity contribution in [1.82, 2.24) is 9.97 Å². The third-order valence-electron chi connectivity index (χ3n) is 4.89. The number of hydrogen-bond acceptors (Lipinski definition) is 6. The summed E-state index contributed by atoms with van der Waals surface area (Å²) in [6.45, 7) is -0.219. The number of anilines is 1. The van der Waals surface area contributed by atoms with E-state index >= 15 is 0 Å². The minimum absolute atomic E-state index is 0.219. The number of benzene rings is 2. The summed E-state index contributed by atoms with van der Waals surface area (Å²) in [5.74, 6) is -2.09. The van der Waals surface area contributed by atoms with Gasteiger partial charge in [-0.25, -0.2) is 14.8 Å². The van der Waals surface area contributed by atoms with Gasteiger partial charge in [0.25, 0.3) is 0 Å². The summed E-state index contributed by atoms with van der Waals surface area (Å²) in [7, 11) is 0. The smallest absolute Gasteiger partial charge is 0.449 e. The Bertz CT molecular complexity index is 1340. The lowest BCUT2D eigenvalue weighted by atomic mass is 10.1. The number of halogens is 6. The molecule has 4 rings (SSSR count). The van der Waals surface area contributed by atoms with Gasteiger partial charge in [0.05, 0.1) is 22.7 Å². The van der Waals surface area contributed by atoms with Crippen LogP contribution in [-0.2, 0) is 15.7 Å². The van der Waals surface area contributed by atoms with Gasteiger partial charge in [0, 0.05) is 10.8 Å². The summed E-state index contributed by atoms with van der Waals surface area (Å²) in [6.07, 6.45) is -9.66. The lowest BCUT2D eigenvalue weighted by Crippen LogP contribution is -2.29. The van der Waals surface area contributed by atoms with E-state index in [9.17, 15) is 31.1 Å². The summed E-state index contributed by atoms with van der Waals surface area (Å²) in [5.41, 5.74) is -0.0125. The molecule has 1 N–H and O–H groups in total. The molecule has 0 spiro atoms. The van der Waals surface area contributed by atoms with E-state index < -0.39 is 30.0 Å². The van der Waals surface area contributed by atoms with Crippen molar-refractivity contribution in [1.29, 1.82) is 0 Å². The van der Waals surface area contributed by atoms with Crippen molar-refractivity contribution in [2.75, 3.05) is 11.9 Å². The van der Waals surface area contributed by atoms with Gasteiger partial charge < -0.3 is 10.1 Å². The van der Waals surface area contributed by atoms with Gasteiger partial charge in [0.2, 0.25) is 0 Å². The Balaban J connectivity index is 1.54. The van der Waals surface area contributed by atoms with Crippen molar-refractivity contribution >= 4 is 33.2 Å². The maximum atomic E-state index is 13.0. The molecule has 2 aromatic heterocycles. The molecule has 0 bridgehead atoms. The summed E-state index contributed by atoms with van der Waals surface area (Å²) < 4.78 is 82.3. The fourth-order valence-electron chi connectivity index (χ4n) is 3.21. The Hall–Kier alpha value is -3.67. The second-order valence-electron chi connectivity index (χ2n) is 7.33. The van der Waals surface area contributed by atoms with Crippen molar-refractivity contribution < 1.29 is 35.9 Å². The van der Waals surface area contributed by atoms with Gasteiger partial charge in [0.15, 0.2) is 0 Å². The largest absolute Gasteiger partial charge is 0.490 e. The molecule has 35 heavy (non-hydrogen) atoms. The molecular weight excluding hydrogens is 496 g/mol. The van der Waals surface area contributed by atoms with Crippen LogP contribution in [0.5, 0.6) is 0 Å². The van der Waals surface area contributed by atoms with Gasteiger partial charge in [0.1, 0.15) is 18.2 Å². The van der Waals surface area contributed by atoms with Crippen LogP contribution in [0.15, 0.2) is 67.0 Å². The SMILES string of the molecule is O=C(O[C@@H](CNc1cc(-c2cc3ccc(C(F)(F)F)cc3s2)ncn1)c1ccccc1)C(F)(F)F. The summed E-state index contributed by atoms with van der Waals surface area (Å²) in [6, 6.07) is 14.5. The van der Waals surface area contributed by atoms with E-state index in [1.54, 1.807) is 24.3 Å². The van der Waals surface area contributed by atoms with Crippen LogP contribution in [-0.4, -0.2) is 28.7 Å². The molecule has 182 valence electrons. The average molecular weight is 511 g/mol. The van der Waals surface area contributed by atoms with E-state index in [0.29, 0.717) is 26.2 Å². The Morgan fingerprint density at radius 2 is 1.71 bits per heavy atom. The highest BCUT2D eigenvalue weighted by atomic mass is 32.1. The highest BCUT2D eigenvalue weighted by molar-refractivity contribution is 7.22. The summed E-state index contributed by atoms with van der Waals surface area (Å²) in [5, 5.41) is 3.44. The number of esters is 1. The molecule has 0 amide bonds. The van der Waals surface area contributed by atoms with Crippen LogP contribution in [0, 0.1) is 0 Å². The molecule has 1 atom stereocenters. The van der Waals surface area contributed by atoms with E-state index in [4.69, 9.17) is 0 Å². The van der Waals surface area contributed by atoms with Crippen molar-refractivity contribution in [2.45, 2.75) is 18.5 Å². The number of carbonyl (C=O) groups is 1. The van der Waals surface area contributed by atoms with E-state index in [0.717, 1.165) is 23.5 Å². The zero-order chi connectivity index (χ0) is 25.2. The number of ether oxygens (including phenoxy) is 1. The number of aromatic nitrogens is 2. The van der Waals surface area contributed by atoms with Crippen molar-refractivity contribution in [3.63, 3.8) is 0 Å². The minimum Gasteiger partial charge on any atom is -0.449 e. The second kappa shape index (κ2) is 9.53. The van der Waals surface area contributed by atoms with Crippen LogP contribution in [0.1, 0.15) is 17.2 Å². The van der Waals surface area contributed by atoms with Crippen molar-refractivity contribution in [2.24, 2.45) is 0 Å². The molecule has 5 nitrogen and oxygen atoms in total. The molecule has 0 fully saturated rings. The van der Waals surface area contributed by atoms with Crippen LogP contribution in [0.25, 0.3) is 20.7 Å². The summed E-state index contributed by atoms with van der Waals surface area (Å²) >= 11 is 1.11. The van der Waals surface area contributed by atoms with Gasteiger partial charge in [-0.2, -0.15) is 26.3 Å². The molecule has 2 heterocycles. The highest BCUT2D eigenvalue weighted by Gasteiger charge is 2.42. The minimum atomic E-state index is -5.15. The third-order valence-corrected chi connectivity index (χ3v) is 6.01. The number of hydrogen-bond donors (Lipinski definition) is 1. The predicted molar refractivity (Wildman–Crippen MR) is 118 cm³/mol. The van der Waals surface area contributed by atoms with Crippen LogP contribution < -0.4 is 5.32 Å². The van der Waals surface area contributed by atoms with Gasteiger partial charge in [-0.05, 0) is 29.1 Å². The molecule has 2 aromatic carbocycles. The maximum Gasteiger partial charge on any atom is 0.490 e. The number of carbonyl (C=O) groups excluding carboxylic acids is 1. The fraction of sp³-hybridized carbons (Fsp3) is 0.174. The molecule has 4 aromatic rings. The molecule has 0 saturated heterocycles. The zero-order valence-corrected chi connectivity index (χ0v) is 18.3. The topological polar surface area (TPSA) is 64.1 Å². The molecular formula is C23H15F6N3O2S. The quantitative estimate of drug-likeness (QED) is 0.232. The predicted octanol–water partition coefficient (Wildman–Crippen LogP) is 6.64. The Kier molecular flexibility index (Phi) is 6.66. The Labute approximate surface area is 198 Å². The number of thiophene rings is 1. The van der Waals surface area contributed by atoms with Gasteiger partial charge in [-0.3, -0.25) is 0 Å². The number of nitrogens with one attached hydrogen (secondary N) is 1. The average Bonchev–Trinajstić information content (AvgIpc) is 3.25. The molecule has 0 aliphatic rings. The molecule has 0 radical (unpaired) electrons. The lowest BCUT2D eigenvalue weighted by Gasteiger charge is -2.20. The summed E-state index contributed by atoms with van der Waals surface area (Å²) in [4.78, 5) is 20.2. The molecule has 12 heteroatoms. The van der Waals surface area contributed by atoms with Gasteiger partial charge >= 0.3 is 18.3 Å². The zero-order valence-electron chi connectivity index (χ0n) is 17.5. The van der Waals surface area contributed by atoms with Crippen molar-refractivity contribution in [3.05, 3.63) is 78.1 Å². The second-order valence-corrected chi connectivity index (χ2v) is 8.42. The molecule has 0 unspecified atom stereocenters. The van der Waals surface area contributed by atoms with E-state index in [-0.39, 0.29) is 12.4 Å². The Morgan fingerprint density at radius 3 is 2.40 bits per heavy atom. The number of rotatable bonds is 6. The Morgan fingerprint density at radius 1 is 0.971 bits per heavy atom. The van der Waals surface area contributed by atoms with Crippen molar-refractivity contribution in [3.8, 4) is 10.6 Å². The number of alkyl halides is 6. The first-order valence-electron chi connectivity index (χ1n) is 10.0. The molecule has 0 aliphatic carbocycles. The monoisotopic (exact) mass is 511 g/mol. The maximum absolute atomic E-state index is 13.0. The number of fused-ring (bicyclic) bond motifs is 1. The fourth-order valence-corrected chi connectivity index (χ4v) is 4.28. The van der Waals surface area contributed by atoms with E-state index in [1.807, 2.05) is 0 Å². The van der Waals surface area contributed by atoms with Crippen LogP contribution in [0.3, 0.4) is 0 Å².